The van der Waals surface area contributed by atoms with E-state index in [4.69, 9.17) is 0 Å². The highest BCUT2D eigenvalue weighted by Crippen LogP contribution is 2.27. The van der Waals surface area contributed by atoms with Crippen LogP contribution < -0.4 is 5.43 Å². The molecule has 0 aliphatic rings. The zero-order valence-corrected chi connectivity index (χ0v) is 14.5. The Labute approximate surface area is 156 Å². The smallest absolute Gasteiger partial charge is 0.273 e. The second kappa shape index (κ2) is 7.40. The molecular weight excluding hydrogens is 336 g/mol. The number of amides is 1. The fraction of sp³-hybridized carbons (Fsp3) is 0.0435. The van der Waals surface area contributed by atoms with Gasteiger partial charge in [0.2, 0.25) is 0 Å². The molecule has 27 heavy (non-hydrogen) atoms. The van der Waals surface area contributed by atoms with Gasteiger partial charge in [-0.25, -0.2) is 5.43 Å². The molecule has 4 rings (SSSR count). The van der Waals surface area contributed by atoms with Gasteiger partial charge in [0.15, 0.2) is 6.10 Å². The maximum absolute atomic E-state index is 12.2. The van der Waals surface area contributed by atoms with Gasteiger partial charge in [-0.1, -0.05) is 78.9 Å². The highest BCUT2D eigenvalue weighted by molar-refractivity contribution is 6.13. The van der Waals surface area contributed by atoms with Crippen molar-refractivity contribution >= 4 is 33.7 Å². The van der Waals surface area contributed by atoms with Gasteiger partial charge in [0.1, 0.15) is 0 Å². The zero-order chi connectivity index (χ0) is 18.6. The van der Waals surface area contributed by atoms with E-state index < -0.39 is 12.0 Å². The van der Waals surface area contributed by atoms with Gasteiger partial charge in [0, 0.05) is 5.56 Å². The number of fused-ring (bicyclic) bond motifs is 2. The molecule has 4 aromatic carbocycles. The lowest BCUT2D eigenvalue weighted by molar-refractivity contribution is -0.129. The Morgan fingerprint density at radius 3 is 2.04 bits per heavy atom. The van der Waals surface area contributed by atoms with Crippen LogP contribution in [0.3, 0.4) is 0 Å². The fourth-order valence-corrected chi connectivity index (χ4v) is 3.20. The van der Waals surface area contributed by atoms with Gasteiger partial charge >= 0.3 is 0 Å². The summed E-state index contributed by atoms with van der Waals surface area (Å²) in [4.78, 5) is 12.2. The highest BCUT2D eigenvalue weighted by atomic mass is 16.3. The van der Waals surface area contributed by atoms with Crippen molar-refractivity contribution in [2.75, 3.05) is 0 Å². The first-order chi connectivity index (χ1) is 13.2. The standard InChI is InChI=1S/C23H18N2O2/c26-22(16-8-2-1-3-9-16)23(27)25-24-15-21-19-12-6-4-10-17(19)14-18-11-5-7-13-20(18)21/h1-15,22,26H,(H,25,27)/b24-15-. The first-order valence-corrected chi connectivity index (χ1v) is 8.70. The molecule has 0 aliphatic heterocycles. The van der Waals surface area contributed by atoms with E-state index in [0.29, 0.717) is 5.56 Å². The summed E-state index contributed by atoms with van der Waals surface area (Å²) in [5.41, 5.74) is 3.90. The normalized spacial score (nSPS) is 12.5. The number of carbonyl (C=O) groups excluding carboxylic acids is 1. The Balaban J connectivity index is 1.65. The van der Waals surface area contributed by atoms with E-state index in [-0.39, 0.29) is 0 Å². The van der Waals surface area contributed by atoms with E-state index >= 15 is 0 Å². The van der Waals surface area contributed by atoms with Crippen molar-refractivity contribution in [2.24, 2.45) is 5.10 Å². The number of hydrazone groups is 1. The molecule has 1 amide bonds. The fourth-order valence-electron chi connectivity index (χ4n) is 3.20. The summed E-state index contributed by atoms with van der Waals surface area (Å²) >= 11 is 0. The lowest BCUT2D eigenvalue weighted by Crippen LogP contribution is -2.25. The molecule has 0 saturated carbocycles. The topological polar surface area (TPSA) is 61.7 Å². The minimum atomic E-state index is -1.26. The van der Waals surface area contributed by atoms with Crippen molar-refractivity contribution in [2.45, 2.75) is 6.10 Å². The van der Waals surface area contributed by atoms with E-state index in [9.17, 15) is 9.90 Å². The minimum Gasteiger partial charge on any atom is -0.378 e. The number of aliphatic hydroxyl groups excluding tert-OH is 1. The van der Waals surface area contributed by atoms with Gasteiger partial charge < -0.3 is 5.11 Å². The summed E-state index contributed by atoms with van der Waals surface area (Å²) < 4.78 is 0. The van der Waals surface area contributed by atoms with E-state index in [1.807, 2.05) is 42.5 Å². The van der Waals surface area contributed by atoms with Crippen LogP contribution in [-0.2, 0) is 4.79 Å². The van der Waals surface area contributed by atoms with Crippen LogP contribution in [-0.4, -0.2) is 17.2 Å². The summed E-state index contributed by atoms with van der Waals surface area (Å²) in [6, 6.07) is 27.0. The maximum Gasteiger partial charge on any atom is 0.273 e. The third kappa shape index (κ3) is 3.43. The average Bonchev–Trinajstić information content (AvgIpc) is 2.73. The van der Waals surface area contributed by atoms with Gasteiger partial charge in [-0.2, -0.15) is 5.10 Å². The van der Waals surface area contributed by atoms with E-state index in [1.54, 1.807) is 30.5 Å². The minimum absolute atomic E-state index is 0.529. The van der Waals surface area contributed by atoms with E-state index in [0.717, 1.165) is 27.1 Å². The molecular formula is C23H18N2O2. The third-order valence-corrected chi connectivity index (χ3v) is 4.54. The molecule has 0 heterocycles. The van der Waals surface area contributed by atoms with E-state index in [1.165, 1.54) is 0 Å². The highest BCUT2D eigenvalue weighted by Gasteiger charge is 2.16. The molecule has 4 aromatic rings. The van der Waals surface area contributed by atoms with Gasteiger partial charge in [-0.3, -0.25) is 4.79 Å². The van der Waals surface area contributed by atoms with Crippen LogP contribution in [0.2, 0.25) is 0 Å². The summed E-state index contributed by atoms with van der Waals surface area (Å²) in [7, 11) is 0. The lowest BCUT2D eigenvalue weighted by atomic mass is 9.97. The number of aliphatic hydroxyl groups is 1. The molecule has 0 aliphatic carbocycles. The third-order valence-electron chi connectivity index (χ3n) is 4.54. The van der Waals surface area contributed by atoms with Crippen LogP contribution >= 0.6 is 0 Å². The molecule has 2 N–H and O–H groups in total. The Bertz CT molecular complexity index is 1080. The molecule has 1 unspecified atom stereocenters. The molecule has 0 bridgehead atoms. The lowest BCUT2D eigenvalue weighted by Gasteiger charge is -2.10. The molecule has 0 saturated heterocycles. The van der Waals surface area contributed by atoms with Crippen LogP contribution in [0.15, 0.2) is 90.0 Å². The predicted octanol–water partition coefficient (Wildman–Crippen LogP) is 4.18. The molecule has 4 nitrogen and oxygen atoms in total. The number of hydrogen-bond donors (Lipinski definition) is 2. The summed E-state index contributed by atoms with van der Waals surface area (Å²) in [6.45, 7) is 0. The summed E-state index contributed by atoms with van der Waals surface area (Å²) in [5.74, 6) is -0.568. The molecule has 132 valence electrons. The van der Waals surface area contributed by atoms with Crippen molar-refractivity contribution in [1.29, 1.82) is 0 Å². The van der Waals surface area contributed by atoms with Gasteiger partial charge in [0.25, 0.3) is 5.91 Å². The first-order valence-electron chi connectivity index (χ1n) is 8.70. The number of nitrogens with one attached hydrogen (secondary N) is 1. The molecule has 0 aromatic heterocycles. The second-order valence-corrected chi connectivity index (χ2v) is 6.28. The van der Waals surface area contributed by atoms with Crippen molar-refractivity contribution < 1.29 is 9.90 Å². The molecule has 1 atom stereocenters. The SMILES string of the molecule is O=C(N/N=C\c1c2ccccc2cc2ccccc12)C(O)c1ccccc1. The molecule has 0 radical (unpaired) electrons. The number of rotatable bonds is 4. The summed E-state index contributed by atoms with van der Waals surface area (Å²) in [6.07, 6.45) is 0.382. The van der Waals surface area contributed by atoms with Crippen molar-refractivity contribution in [1.82, 2.24) is 5.43 Å². The van der Waals surface area contributed by atoms with Gasteiger partial charge in [0.05, 0.1) is 6.21 Å². The number of carbonyl (C=O) groups is 1. The maximum atomic E-state index is 12.2. The van der Waals surface area contributed by atoms with Gasteiger partial charge in [-0.15, -0.1) is 0 Å². The first kappa shape index (κ1) is 16.9. The van der Waals surface area contributed by atoms with Crippen LogP contribution in [0, 0.1) is 0 Å². The zero-order valence-electron chi connectivity index (χ0n) is 14.5. The quantitative estimate of drug-likeness (QED) is 0.328. The van der Waals surface area contributed by atoms with Crippen molar-refractivity contribution in [3.05, 3.63) is 96.1 Å². The summed E-state index contributed by atoms with van der Waals surface area (Å²) in [5, 5.41) is 18.6. The molecule has 0 spiro atoms. The van der Waals surface area contributed by atoms with E-state index in [2.05, 4.69) is 28.7 Å². The Hall–Kier alpha value is -3.50. The van der Waals surface area contributed by atoms with Crippen LogP contribution in [0.4, 0.5) is 0 Å². The predicted molar refractivity (Wildman–Crippen MR) is 109 cm³/mol. The number of benzene rings is 4. The average molecular weight is 354 g/mol. The number of nitrogens with zero attached hydrogens (tertiary/aromatic N) is 1. The van der Waals surface area contributed by atoms with Crippen molar-refractivity contribution in [3.8, 4) is 0 Å². The van der Waals surface area contributed by atoms with Crippen LogP contribution in [0.25, 0.3) is 21.5 Å². The largest absolute Gasteiger partial charge is 0.378 e. The molecule has 0 fully saturated rings. The monoisotopic (exact) mass is 354 g/mol. The molecule has 4 heteroatoms. The van der Waals surface area contributed by atoms with Crippen LogP contribution in [0.1, 0.15) is 17.2 Å². The second-order valence-electron chi connectivity index (χ2n) is 6.28. The Kier molecular flexibility index (Phi) is 4.64. The van der Waals surface area contributed by atoms with Crippen molar-refractivity contribution in [3.63, 3.8) is 0 Å². The number of hydrogen-bond acceptors (Lipinski definition) is 3. The Morgan fingerprint density at radius 1 is 0.852 bits per heavy atom. The Morgan fingerprint density at radius 2 is 1.41 bits per heavy atom. The van der Waals surface area contributed by atoms with Crippen LogP contribution in [0.5, 0.6) is 0 Å². The van der Waals surface area contributed by atoms with Gasteiger partial charge in [-0.05, 0) is 33.2 Å².